The lowest BCUT2D eigenvalue weighted by Crippen LogP contribution is -2.33. The van der Waals surface area contributed by atoms with Crippen molar-refractivity contribution in [3.05, 3.63) is 95.3 Å². The molecule has 1 aliphatic rings. The van der Waals surface area contributed by atoms with E-state index in [0.29, 0.717) is 35.4 Å². The molecule has 0 aliphatic carbocycles. The molecular weight excluding hydrogens is 416 g/mol. The van der Waals surface area contributed by atoms with E-state index in [1.165, 1.54) is 0 Å². The lowest BCUT2D eigenvalue weighted by molar-refractivity contribution is 0.0250. The van der Waals surface area contributed by atoms with E-state index in [4.69, 9.17) is 10.5 Å². The van der Waals surface area contributed by atoms with Crippen LogP contribution in [0.4, 0.5) is 0 Å². The average Bonchev–Trinajstić information content (AvgIpc) is 2.88. The van der Waals surface area contributed by atoms with Gasteiger partial charge in [0.15, 0.2) is 5.78 Å². The van der Waals surface area contributed by atoms with E-state index in [2.05, 4.69) is 15.3 Å². The fourth-order valence-corrected chi connectivity index (χ4v) is 3.94. The SMILES string of the molecule is NC(=O)c1cccc(-c2cccc(C(=O)c3ccc4nc(C5CNCCO5)cnc4c3)c2)c1. The Balaban J connectivity index is 1.43. The summed E-state index contributed by atoms with van der Waals surface area (Å²) in [5, 5.41) is 3.29. The first-order chi connectivity index (χ1) is 16.1. The molecule has 164 valence electrons. The Morgan fingerprint density at radius 3 is 2.36 bits per heavy atom. The number of nitrogens with zero attached hydrogens (tertiary/aromatic N) is 2. The Labute approximate surface area is 190 Å². The molecule has 0 bridgehead atoms. The number of morpholine rings is 1. The van der Waals surface area contributed by atoms with Gasteiger partial charge in [0.2, 0.25) is 5.91 Å². The van der Waals surface area contributed by atoms with Gasteiger partial charge in [-0.15, -0.1) is 0 Å². The van der Waals surface area contributed by atoms with Gasteiger partial charge in [-0.2, -0.15) is 0 Å². The average molecular weight is 438 g/mol. The molecule has 7 heteroatoms. The van der Waals surface area contributed by atoms with Gasteiger partial charge in [0.25, 0.3) is 0 Å². The van der Waals surface area contributed by atoms with E-state index in [1.54, 1.807) is 42.6 Å². The van der Waals surface area contributed by atoms with Crippen molar-refractivity contribution in [2.24, 2.45) is 5.73 Å². The van der Waals surface area contributed by atoms with Crippen LogP contribution < -0.4 is 11.1 Å². The second-order valence-corrected chi connectivity index (χ2v) is 7.92. The zero-order valence-corrected chi connectivity index (χ0v) is 17.8. The molecule has 1 saturated heterocycles. The summed E-state index contributed by atoms with van der Waals surface area (Å²) in [5.74, 6) is -0.605. The number of benzene rings is 3. The van der Waals surface area contributed by atoms with Gasteiger partial charge < -0.3 is 15.8 Å². The van der Waals surface area contributed by atoms with Gasteiger partial charge >= 0.3 is 0 Å². The quantitative estimate of drug-likeness (QED) is 0.463. The number of carbonyl (C=O) groups excluding carboxylic acids is 2. The number of rotatable bonds is 5. The molecule has 7 nitrogen and oxygen atoms in total. The maximum Gasteiger partial charge on any atom is 0.248 e. The number of ether oxygens (including phenoxy) is 1. The first kappa shape index (κ1) is 20.9. The molecule has 1 unspecified atom stereocenters. The number of carbonyl (C=O) groups is 2. The summed E-state index contributed by atoms with van der Waals surface area (Å²) < 4.78 is 5.76. The van der Waals surface area contributed by atoms with Crippen LogP contribution in [-0.4, -0.2) is 41.4 Å². The molecule has 2 heterocycles. The largest absolute Gasteiger partial charge is 0.369 e. The van der Waals surface area contributed by atoms with Crippen molar-refractivity contribution < 1.29 is 14.3 Å². The number of hydrogen-bond donors (Lipinski definition) is 2. The van der Waals surface area contributed by atoms with Crippen molar-refractivity contribution in [1.82, 2.24) is 15.3 Å². The van der Waals surface area contributed by atoms with E-state index in [1.807, 2.05) is 30.3 Å². The van der Waals surface area contributed by atoms with Crippen LogP contribution in [0.2, 0.25) is 0 Å². The topological polar surface area (TPSA) is 107 Å². The van der Waals surface area contributed by atoms with Crippen LogP contribution in [0.25, 0.3) is 22.2 Å². The van der Waals surface area contributed by atoms with Gasteiger partial charge in [-0.25, -0.2) is 4.98 Å². The third-order valence-corrected chi connectivity index (χ3v) is 5.69. The molecule has 1 aliphatic heterocycles. The summed E-state index contributed by atoms with van der Waals surface area (Å²) in [6.07, 6.45) is 1.59. The summed E-state index contributed by atoms with van der Waals surface area (Å²) in [7, 11) is 0. The molecule has 0 saturated carbocycles. The van der Waals surface area contributed by atoms with Crippen molar-refractivity contribution in [3.8, 4) is 11.1 Å². The summed E-state index contributed by atoms with van der Waals surface area (Å²) >= 11 is 0. The lowest BCUT2D eigenvalue weighted by Gasteiger charge is -2.22. The molecule has 1 aromatic heterocycles. The molecule has 3 N–H and O–H groups in total. The van der Waals surface area contributed by atoms with E-state index < -0.39 is 5.91 Å². The van der Waals surface area contributed by atoms with Crippen LogP contribution in [0.1, 0.15) is 38.1 Å². The third-order valence-electron chi connectivity index (χ3n) is 5.69. The van der Waals surface area contributed by atoms with Crippen molar-refractivity contribution in [1.29, 1.82) is 0 Å². The number of primary amides is 1. The maximum absolute atomic E-state index is 13.2. The minimum Gasteiger partial charge on any atom is -0.369 e. The molecule has 1 fully saturated rings. The molecule has 0 radical (unpaired) electrons. The molecule has 3 aromatic carbocycles. The number of fused-ring (bicyclic) bond motifs is 1. The molecule has 4 aromatic rings. The summed E-state index contributed by atoms with van der Waals surface area (Å²) in [4.78, 5) is 33.9. The van der Waals surface area contributed by atoms with Gasteiger partial charge in [0, 0.05) is 29.8 Å². The number of amides is 1. The predicted molar refractivity (Wildman–Crippen MR) is 125 cm³/mol. The van der Waals surface area contributed by atoms with E-state index in [-0.39, 0.29) is 11.9 Å². The smallest absolute Gasteiger partial charge is 0.248 e. The fraction of sp³-hybridized carbons (Fsp3) is 0.154. The molecule has 33 heavy (non-hydrogen) atoms. The van der Waals surface area contributed by atoms with Crippen molar-refractivity contribution in [2.75, 3.05) is 19.7 Å². The highest BCUT2D eigenvalue weighted by Gasteiger charge is 2.18. The number of ketones is 1. The van der Waals surface area contributed by atoms with E-state index >= 15 is 0 Å². The molecule has 1 atom stereocenters. The van der Waals surface area contributed by atoms with E-state index in [0.717, 1.165) is 28.9 Å². The number of nitrogens with two attached hydrogens (primary N) is 1. The zero-order valence-electron chi connectivity index (χ0n) is 17.8. The number of nitrogens with one attached hydrogen (secondary N) is 1. The highest BCUT2D eigenvalue weighted by Crippen LogP contribution is 2.24. The summed E-state index contributed by atoms with van der Waals surface area (Å²) in [6, 6.07) is 19.7. The van der Waals surface area contributed by atoms with Gasteiger partial charge in [-0.05, 0) is 47.5 Å². The van der Waals surface area contributed by atoms with Gasteiger partial charge in [-0.1, -0.05) is 30.3 Å². The third kappa shape index (κ3) is 4.37. The highest BCUT2D eigenvalue weighted by molar-refractivity contribution is 6.10. The van der Waals surface area contributed by atoms with Crippen LogP contribution in [0.5, 0.6) is 0 Å². The number of hydrogen-bond acceptors (Lipinski definition) is 6. The first-order valence-corrected chi connectivity index (χ1v) is 10.7. The van der Waals surface area contributed by atoms with Crippen LogP contribution in [0.3, 0.4) is 0 Å². The van der Waals surface area contributed by atoms with Crippen LogP contribution in [0, 0.1) is 0 Å². The Morgan fingerprint density at radius 1 is 0.909 bits per heavy atom. The Morgan fingerprint density at radius 2 is 1.64 bits per heavy atom. The van der Waals surface area contributed by atoms with Crippen molar-refractivity contribution in [2.45, 2.75) is 6.10 Å². The zero-order chi connectivity index (χ0) is 22.8. The van der Waals surface area contributed by atoms with Crippen LogP contribution in [0.15, 0.2) is 72.9 Å². The summed E-state index contributed by atoms with van der Waals surface area (Å²) in [6.45, 7) is 2.18. The standard InChI is InChI=1S/C26H22N4O3/c27-26(32)20-6-2-4-17(12-20)16-3-1-5-18(11-16)25(31)19-7-8-21-22(13-19)29-14-23(30-21)24-15-28-9-10-33-24/h1-8,11-14,24,28H,9-10,15H2,(H2,27,32). The molecule has 5 rings (SSSR count). The van der Waals surface area contributed by atoms with Crippen LogP contribution >= 0.6 is 0 Å². The second kappa shape index (κ2) is 8.90. The van der Waals surface area contributed by atoms with Crippen molar-refractivity contribution >= 4 is 22.7 Å². The normalized spacial score (nSPS) is 15.9. The lowest BCUT2D eigenvalue weighted by atomic mass is 9.97. The number of aromatic nitrogens is 2. The van der Waals surface area contributed by atoms with Gasteiger partial charge in [-0.3, -0.25) is 14.6 Å². The Kier molecular flexibility index (Phi) is 5.64. The molecular formula is C26H22N4O3. The predicted octanol–water partition coefficient (Wildman–Crippen LogP) is 3.29. The Hall–Kier alpha value is -3.94. The highest BCUT2D eigenvalue weighted by atomic mass is 16.5. The maximum atomic E-state index is 13.2. The summed E-state index contributed by atoms with van der Waals surface area (Å²) in [5.41, 5.74) is 10.7. The van der Waals surface area contributed by atoms with Gasteiger partial charge in [0.1, 0.15) is 6.10 Å². The van der Waals surface area contributed by atoms with E-state index in [9.17, 15) is 9.59 Å². The Bertz CT molecular complexity index is 1360. The minimum atomic E-state index is -0.490. The molecule has 0 spiro atoms. The monoisotopic (exact) mass is 438 g/mol. The minimum absolute atomic E-state index is 0.115. The fourth-order valence-electron chi connectivity index (χ4n) is 3.94. The first-order valence-electron chi connectivity index (χ1n) is 10.7. The molecule has 1 amide bonds. The van der Waals surface area contributed by atoms with Crippen molar-refractivity contribution in [3.63, 3.8) is 0 Å². The van der Waals surface area contributed by atoms with Crippen LogP contribution in [-0.2, 0) is 4.74 Å². The second-order valence-electron chi connectivity index (χ2n) is 7.92. The van der Waals surface area contributed by atoms with Gasteiger partial charge in [0.05, 0.1) is 29.5 Å².